The topological polar surface area (TPSA) is 29.5 Å². The van der Waals surface area contributed by atoms with E-state index in [0.29, 0.717) is 22.9 Å². The number of methoxy groups -OCH3 is 1. The van der Waals surface area contributed by atoms with Crippen LogP contribution in [0.2, 0.25) is 0 Å². The summed E-state index contributed by atoms with van der Waals surface area (Å²) in [6, 6.07) is 0. The van der Waals surface area contributed by atoms with Gasteiger partial charge in [-0.05, 0) is 72.5 Å². The molecule has 0 heterocycles. The van der Waals surface area contributed by atoms with Crippen molar-refractivity contribution in [3.05, 3.63) is 0 Å². The average Bonchev–Trinajstić information content (AvgIpc) is 3.02. The molecule has 0 aromatic carbocycles. The lowest BCUT2D eigenvalue weighted by Gasteiger charge is -2.61. The molecule has 4 fully saturated rings. The van der Waals surface area contributed by atoms with Crippen molar-refractivity contribution in [2.75, 3.05) is 7.11 Å². The first-order valence-electron chi connectivity index (χ1n) is 8.57. The van der Waals surface area contributed by atoms with Gasteiger partial charge in [0.05, 0.1) is 12.2 Å². The Labute approximate surface area is 123 Å². The largest absolute Gasteiger partial charge is 0.393 e. The van der Waals surface area contributed by atoms with Crippen molar-refractivity contribution in [1.29, 1.82) is 0 Å². The van der Waals surface area contributed by atoms with Crippen molar-refractivity contribution in [2.45, 2.75) is 71.5 Å². The number of aliphatic hydroxyl groups excluding tert-OH is 1. The highest BCUT2D eigenvalue weighted by molar-refractivity contribution is 5.22. The highest BCUT2D eigenvalue weighted by Crippen LogP contribution is 2.78. The summed E-state index contributed by atoms with van der Waals surface area (Å²) < 4.78 is 5.82. The van der Waals surface area contributed by atoms with Crippen molar-refractivity contribution >= 4 is 0 Å². The molecule has 2 heteroatoms. The number of fused-ring (bicyclic) bond motifs is 2. The zero-order chi connectivity index (χ0) is 14.3. The summed E-state index contributed by atoms with van der Waals surface area (Å²) >= 11 is 0. The molecule has 7 atom stereocenters. The summed E-state index contributed by atoms with van der Waals surface area (Å²) in [6.45, 7) is 7.40. The Hall–Kier alpha value is -0.0800. The molecule has 1 N–H and O–H groups in total. The number of hydrogen-bond donors (Lipinski definition) is 1. The number of aliphatic hydroxyl groups is 1. The second-order valence-corrected chi connectivity index (χ2v) is 9.08. The molecule has 0 unspecified atom stereocenters. The van der Waals surface area contributed by atoms with Gasteiger partial charge in [0.2, 0.25) is 0 Å². The van der Waals surface area contributed by atoms with Crippen LogP contribution in [0, 0.1) is 34.0 Å². The molecule has 114 valence electrons. The van der Waals surface area contributed by atoms with Crippen molar-refractivity contribution < 1.29 is 9.84 Å². The van der Waals surface area contributed by atoms with E-state index in [-0.39, 0.29) is 11.5 Å². The predicted molar refractivity (Wildman–Crippen MR) is 79.3 cm³/mol. The Balaban J connectivity index is 1.71. The van der Waals surface area contributed by atoms with Gasteiger partial charge in [-0.15, -0.1) is 0 Å². The van der Waals surface area contributed by atoms with Crippen molar-refractivity contribution in [1.82, 2.24) is 0 Å². The molecule has 4 aliphatic rings. The summed E-state index contributed by atoms with van der Waals surface area (Å²) in [5.74, 6) is 2.18. The van der Waals surface area contributed by atoms with Crippen LogP contribution in [0.4, 0.5) is 0 Å². The SMILES string of the molecule is CO[C@H]1CC[C@@]2(C)[C@@H](CC[C@]34C[C@H]3[C@@H](O)C[C@@H]24)C1(C)C. The molecule has 0 aromatic heterocycles. The van der Waals surface area contributed by atoms with Crippen LogP contribution in [0.1, 0.15) is 59.3 Å². The zero-order valence-electron chi connectivity index (χ0n) is 13.5. The maximum atomic E-state index is 10.4. The fraction of sp³-hybridized carbons (Fsp3) is 1.00. The van der Waals surface area contributed by atoms with Crippen LogP contribution in [0.3, 0.4) is 0 Å². The Bertz CT molecular complexity index is 431. The van der Waals surface area contributed by atoms with Crippen LogP contribution >= 0.6 is 0 Å². The minimum atomic E-state index is -0.00108. The Morgan fingerprint density at radius 1 is 1.05 bits per heavy atom. The number of rotatable bonds is 1. The van der Waals surface area contributed by atoms with Gasteiger partial charge in [0.1, 0.15) is 0 Å². The predicted octanol–water partition coefficient (Wildman–Crippen LogP) is 3.62. The molecule has 0 saturated heterocycles. The van der Waals surface area contributed by atoms with E-state index in [1.165, 1.54) is 32.1 Å². The number of ether oxygens (including phenoxy) is 1. The van der Waals surface area contributed by atoms with Crippen molar-refractivity contribution in [2.24, 2.45) is 34.0 Å². The maximum absolute atomic E-state index is 10.4. The third-order valence-electron chi connectivity index (χ3n) is 8.26. The molecule has 4 aliphatic carbocycles. The lowest BCUT2D eigenvalue weighted by Crippen LogP contribution is -2.56. The van der Waals surface area contributed by atoms with E-state index in [1.807, 2.05) is 7.11 Å². The van der Waals surface area contributed by atoms with Gasteiger partial charge in [0.15, 0.2) is 0 Å². The summed E-state index contributed by atoms with van der Waals surface area (Å²) in [6.07, 6.45) is 8.01. The molecule has 0 aromatic rings. The van der Waals surface area contributed by atoms with E-state index in [0.717, 1.165) is 18.3 Å². The fourth-order valence-electron chi connectivity index (χ4n) is 7.31. The third kappa shape index (κ3) is 1.38. The van der Waals surface area contributed by atoms with Gasteiger partial charge in [0.25, 0.3) is 0 Å². The zero-order valence-corrected chi connectivity index (χ0v) is 13.5. The molecule has 0 aliphatic heterocycles. The van der Waals surface area contributed by atoms with Gasteiger partial charge < -0.3 is 9.84 Å². The van der Waals surface area contributed by atoms with Gasteiger partial charge in [-0.3, -0.25) is 0 Å². The van der Waals surface area contributed by atoms with Gasteiger partial charge in [-0.1, -0.05) is 20.8 Å². The van der Waals surface area contributed by atoms with Crippen LogP contribution in [0.15, 0.2) is 0 Å². The Morgan fingerprint density at radius 2 is 1.80 bits per heavy atom. The van der Waals surface area contributed by atoms with E-state index in [2.05, 4.69) is 20.8 Å². The van der Waals surface area contributed by atoms with E-state index in [1.54, 1.807) is 0 Å². The third-order valence-corrected chi connectivity index (χ3v) is 8.26. The van der Waals surface area contributed by atoms with E-state index in [9.17, 15) is 5.11 Å². The van der Waals surface area contributed by atoms with Gasteiger partial charge in [0, 0.05) is 7.11 Å². The molecule has 1 spiro atoms. The summed E-state index contributed by atoms with van der Waals surface area (Å²) in [5, 5.41) is 10.4. The lowest BCUT2D eigenvalue weighted by molar-refractivity contribution is -0.162. The smallest absolute Gasteiger partial charge is 0.0625 e. The minimum absolute atomic E-state index is 0.00108. The molecule has 4 rings (SSSR count). The molecule has 0 amide bonds. The molecular weight excluding hydrogens is 248 g/mol. The van der Waals surface area contributed by atoms with E-state index < -0.39 is 0 Å². The second kappa shape index (κ2) is 3.81. The highest BCUT2D eigenvalue weighted by atomic mass is 16.5. The first kappa shape index (κ1) is 13.6. The van der Waals surface area contributed by atoms with Crippen molar-refractivity contribution in [3.63, 3.8) is 0 Å². The summed E-state index contributed by atoms with van der Waals surface area (Å²) in [4.78, 5) is 0. The van der Waals surface area contributed by atoms with Crippen molar-refractivity contribution in [3.8, 4) is 0 Å². The van der Waals surface area contributed by atoms with E-state index >= 15 is 0 Å². The fourth-order valence-corrected chi connectivity index (χ4v) is 7.31. The van der Waals surface area contributed by atoms with Gasteiger partial charge in [-0.2, -0.15) is 0 Å². The van der Waals surface area contributed by atoms with Crippen LogP contribution in [0.5, 0.6) is 0 Å². The molecular formula is C18H30O2. The Morgan fingerprint density at radius 3 is 2.45 bits per heavy atom. The standard InChI is InChI=1S/C18H30O2/c1-16(2)13-5-8-18-10-11(18)12(19)9-14(18)17(13,3)7-6-15(16)20-4/h11-15,19H,5-10H2,1-4H3/t11-,12-,13-,14-,15-,17-,18-/m0/s1. The molecule has 2 nitrogen and oxygen atoms in total. The van der Waals surface area contributed by atoms with Crippen LogP contribution in [0.25, 0.3) is 0 Å². The summed E-state index contributed by atoms with van der Waals surface area (Å²) in [5.41, 5.74) is 1.25. The first-order chi connectivity index (χ1) is 9.36. The van der Waals surface area contributed by atoms with E-state index in [4.69, 9.17) is 4.74 Å². The van der Waals surface area contributed by atoms with Crippen LogP contribution in [-0.2, 0) is 4.74 Å². The normalized spacial score (nSPS) is 59.5. The molecule has 20 heavy (non-hydrogen) atoms. The van der Waals surface area contributed by atoms with Crippen LogP contribution in [-0.4, -0.2) is 24.4 Å². The Kier molecular flexibility index (Phi) is 2.59. The highest BCUT2D eigenvalue weighted by Gasteiger charge is 2.74. The van der Waals surface area contributed by atoms with Gasteiger partial charge >= 0.3 is 0 Å². The molecule has 0 bridgehead atoms. The minimum Gasteiger partial charge on any atom is -0.393 e. The van der Waals surface area contributed by atoms with Gasteiger partial charge in [-0.25, -0.2) is 0 Å². The number of hydrogen-bond acceptors (Lipinski definition) is 2. The van der Waals surface area contributed by atoms with Crippen LogP contribution < -0.4 is 0 Å². The lowest BCUT2D eigenvalue weighted by atomic mass is 9.45. The monoisotopic (exact) mass is 278 g/mol. The summed E-state index contributed by atoms with van der Waals surface area (Å²) in [7, 11) is 1.88. The second-order valence-electron chi connectivity index (χ2n) is 9.08. The maximum Gasteiger partial charge on any atom is 0.0625 e. The first-order valence-corrected chi connectivity index (χ1v) is 8.57. The molecule has 4 saturated carbocycles. The molecule has 0 radical (unpaired) electrons. The average molecular weight is 278 g/mol. The quantitative estimate of drug-likeness (QED) is 0.793.